The zero-order chi connectivity index (χ0) is 7.11. The SMILES string of the molecule is COCCC(=O)CC[O]. The molecular weight excluding hydrogens is 120 g/mol. The number of hydrogen-bond donors (Lipinski definition) is 0. The van der Waals surface area contributed by atoms with E-state index in [0.29, 0.717) is 13.0 Å². The lowest BCUT2D eigenvalue weighted by Crippen LogP contribution is -2.03. The third kappa shape index (κ3) is 5.46. The van der Waals surface area contributed by atoms with Gasteiger partial charge in [0.25, 0.3) is 0 Å². The van der Waals surface area contributed by atoms with Gasteiger partial charge in [-0.3, -0.25) is 4.79 Å². The van der Waals surface area contributed by atoms with Crippen molar-refractivity contribution in [1.82, 2.24) is 0 Å². The minimum Gasteiger partial charge on any atom is -0.384 e. The third-order valence-electron chi connectivity index (χ3n) is 0.966. The Bertz CT molecular complexity index is 80.4. The molecule has 0 rings (SSSR count). The first kappa shape index (κ1) is 8.59. The molecule has 0 bridgehead atoms. The maximum absolute atomic E-state index is 10.5. The van der Waals surface area contributed by atoms with Gasteiger partial charge >= 0.3 is 0 Å². The van der Waals surface area contributed by atoms with Crippen LogP contribution in [0.3, 0.4) is 0 Å². The van der Waals surface area contributed by atoms with Gasteiger partial charge in [-0.2, -0.15) is 0 Å². The molecule has 0 aromatic rings. The van der Waals surface area contributed by atoms with Crippen LogP contribution in [0.1, 0.15) is 12.8 Å². The molecule has 0 atom stereocenters. The quantitative estimate of drug-likeness (QED) is 0.542. The van der Waals surface area contributed by atoms with E-state index in [1.165, 1.54) is 7.11 Å². The molecule has 0 aliphatic carbocycles. The fourth-order valence-corrected chi connectivity index (χ4v) is 0.455. The number of carbonyl (C=O) groups excluding carboxylic acids is 1. The molecule has 0 aromatic carbocycles. The van der Waals surface area contributed by atoms with Crippen molar-refractivity contribution in [2.45, 2.75) is 12.8 Å². The molecule has 0 N–H and O–H groups in total. The molecule has 0 heterocycles. The third-order valence-corrected chi connectivity index (χ3v) is 0.966. The minimum absolute atomic E-state index is 0.00755. The average molecular weight is 131 g/mol. The van der Waals surface area contributed by atoms with Crippen LogP contribution in [0.5, 0.6) is 0 Å². The van der Waals surface area contributed by atoms with Crippen molar-refractivity contribution in [3.8, 4) is 0 Å². The van der Waals surface area contributed by atoms with Gasteiger partial charge in [0.2, 0.25) is 0 Å². The molecule has 1 radical (unpaired) electrons. The first-order valence-electron chi connectivity index (χ1n) is 2.90. The second-order valence-corrected chi connectivity index (χ2v) is 1.74. The summed E-state index contributed by atoms with van der Waals surface area (Å²) in [5.41, 5.74) is 0. The first-order chi connectivity index (χ1) is 4.31. The Kier molecular flexibility index (Phi) is 5.46. The lowest BCUT2D eigenvalue weighted by molar-refractivity contribution is -0.120. The van der Waals surface area contributed by atoms with Crippen LogP contribution in [0.15, 0.2) is 0 Å². The zero-order valence-electron chi connectivity index (χ0n) is 5.55. The van der Waals surface area contributed by atoms with Crippen LogP contribution in [0.4, 0.5) is 0 Å². The summed E-state index contributed by atoms with van der Waals surface area (Å²) >= 11 is 0. The number of carbonyl (C=O) groups is 1. The summed E-state index contributed by atoms with van der Waals surface area (Å²) in [6.45, 7) is 0.126. The zero-order valence-corrected chi connectivity index (χ0v) is 5.55. The number of rotatable bonds is 5. The highest BCUT2D eigenvalue weighted by atomic mass is 16.5. The monoisotopic (exact) mass is 131 g/mol. The maximum Gasteiger partial charge on any atom is 0.137 e. The number of ether oxygens (including phenoxy) is 1. The van der Waals surface area contributed by atoms with Crippen LogP contribution in [-0.4, -0.2) is 26.1 Å². The van der Waals surface area contributed by atoms with Gasteiger partial charge in [0.15, 0.2) is 0 Å². The molecule has 3 heteroatoms. The molecule has 0 unspecified atom stereocenters. The van der Waals surface area contributed by atoms with Gasteiger partial charge in [0, 0.05) is 20.0 Å². The van der Waals surface area contributed by atoms with Crippen LogP contribution < -0.4 is 0 Å². The van der Waals surface area contributed by atoms with Crippen molar-refractivity contribution in [1.29, 1.82) is 0 Å². The predicted molar refractivity (Wildman–Crippen MR) is 31.7 cm³/mol. The molecular formula is C6H11O3. The number of methoxy groups -OCH3 is 1. The molecule has 0 spiro atoms. The van der Waals surface area contributed by atoms with Crippen LogP contribution in [0.25, 0.3) is 0 Å². The van der Waals surface area contributed by atoms with E-state index in [-0.39, 0.29) is 18.8 Å². The fraction of sp³-hybridized carbons (Fsp3) is 0.833. The smallest absolute Gasteiger partial charge is 0.137 e. The topological polar surface area (TPSA) is 46.2 Å². The van der Waals surface area contributed by atoms with E-state index in [9.17, 15) is 9.90 Å². The summed E-state index contributed by atoms with van der Waals surface area (Å²) in [4.78, 5) is 10.5. The minimum atomic E-state index is -0.303. The molecule has 0 aliphatic heterocycles. The summed E-state index contributed by atoms with van der Waals surface area (Å²) in [5, 5.41) is 9.84. The summed E-state index contributed by atoms with van der Waals surface area (Å²) < 4.78 is 4.64. The Morgan fingerprint density at radius 3 is 2.56 bits per heavy atom. The highest BCUT2D eigenvalue weighted by Gasteiger charge is 1.98. The summed E-state index contributed by atoms with van der Waals surface area (Å²) in [6.07, 6.45) is 0.516. The van der Waals surface area contributed by atoms with Crippen LogP contribution >= 0.6 is 0 Å². The van der Waals surface area contributed by atoms with Gasteiger partial charge < -0.3 is 4.74 Å². The molecule has 0 amide bonds. The number of Topliss-reactive ketones (excluding diaryl/α,β-unsaturated/α-hetero) is 1. The Labute approximate surface area is 54.6 Å². The number of hydrogen-bond acceptors (Lipinski definition) is 2. The Balaban J connectivity index is 3.06. The summed E-state index contributed by atoms with van der Waals surface area (Å²) in [7, 11) is 1.53. The van der Waals surface area contributed by atoms with Gasteiger partial charge in [-0.1, -0.05) is 0 Å². The van der Waals surface area contributed by atoms with E-state index in [2.05, 4.69) is 4.74 Å². The van der Waals surface area contributed by atoms with E-state index in [4.69, 9.17) is 0 Å². The lowest BCUT2D eigenvalue weighted by atomic mass is 10.2. The Morgan fingerprint density at radius 2 is 2.11 bits per heavy atom. The fourth-order valence-electron chi connectivity index (χ4n) is 0.455. The van der Waals surface area contributed by atoms with E-state index in [1.807, 2.05) is 0 Å². The van der Waals surface area contributed by atoms with E-state index in [1.54, 1.807) is 0 Å². The van der Waals surface area contributed by atoms with Gasteiger partial charge in [0.05, 0.1) is 13.2 Å². The molecule has 0 fully saturated rings. The highest BCUT2D eigenvalue weighted by Crippen LogP contribution is 1.88. The Morgan fingerprint density at radius 1 is 1.44 bits per heavy atom. The first-order valence-corrected chi connectivity index (χ1v) is 2.90. The van der Waals surface area contributed by atoms with Crippen LogP contribution in [0, 0.1) is 0 Å². The maximum atomic E-state index is 10.5. The Hall–Kier alpha value is -0.410. The van der Waals surface area contributed by atoms with Crippen molar-refractivity contribution in [2.24, 2.45) is 0 Å². The van der Waals surface area contributed by atoms with E-state index in [0.717, 1.165) is 0 Å². The molecule has 0 saturated carbocycles. The van der Waals surface area contributed by atoms with Crippen molar-refractivity contribution < 1.29 is 14.6 Å². The van der Waals surface area contributed by atoms with Crippen molar-refractivity contribution in [3.05, 3.63) is 0 Å². The summed E-state index contributed by atoms with van der Waals surface area (Å²) in [5.74, 6) is -0.00755. The van der Waals surface area contributed by atoms with E-state index < -0.39 is 0 Å². The van der Waals surface area contributed by atoms with Gasteiger partial charge in [-0.25, -0.2) is 5.11 Å². The standard InChI is InChI=1S/C6H11O3/c1-9-5-3-6(8)2-4-7/h2-5H2,1H3. The van der Waals surface area contributed by atoms with Crippen molar-refractivity contribution in [3.63, 3.8) is 0 Å². The highest BCUT2D eigenvalue weighted by molar-refractivity contribution is 5.78. The van der Waals surface area contributed by atoms with Gasteiger partial charge in [-0.05, 0) is 0 Å². The molecule has 53 valence electrons. The normalized spacial score (nSPS) is 9.56. The lowest BCUT2D eigenvalue weighted by Gasteiger charge is -1.94. The molecule has 9 heavy (non-hydrogen) atoms. The molecule has 3 nitrogen and oxygen atoms in total. The predicted octanol–water partition coefficient (Wildman–Crippen LogP) is 0.413. The van der Waals surface area contributed by atoms with Crippen molar-refractivity contribution in [2.75, 3.05) is 20.3 Å². The van der Waals surface area contributed by atoms with Crippen LogP contribution in [-0.2, 0) is 14.6 Å². The van der Waals surface area contributed by atoms with Crippen molar-refractivity contribution >= 4 is 5.78 Å². The van der Waals surface area contributed by atoms with Gasteiger partial charge in [-0.15, -0.1) is 0 Å². The molecule has 0 aliphatic rings. The molecule has 0 saturated heterocycles. The van der Waals surface area contributed by atoms with Gasteiger partial charge in [0.1, 0.15) is 5.78 Å². The second-order valence-electron chi connectivity index (χ2n) is 1.74. The van der Waals surface area contributed by atoms with E-state index >= 15 is 0 Å². The van der Waals surface area contributed by atoms with Crippen LogP contribution in [0.2, 0.25) is 0 Å². The number of ketones is 1. The average Bonchev–Trinajstić information content (AvgIpc) is 1.85. The molecule has 0 aromatic heterocycles. The largest absolute Gasteiger partial charge is 0.384 e. The second kappa shape index (κ2) is 5.72. The summed E-state index contributed by atoms with van der Waals surface area (Å²) in [6, 6.07) is 0.